The van der Waals surface area contributed by atoms with Crippen LogP contribution in [0.5, 0.6) is 0 Å². The average molecular weight is 429 g/mol. The van der Waals surface area contributed by atoms with Crippen molar-refractivity contribution in [3.05, 3.63) is 23.4 Å². The number of likely N-dealkylation sites (tertiary alicyclic amines) is 2. The first-order valence-electron chi connectivity index (χ1n) is 11.7. The number of anilines is 1. The van der Waals surface area contributed by atoms with E-state index in [9.17, 15) is 9.59 Å². The van der Waals surface area contributed by atoms with E-state index in [4.69, 9.17) is 4.98 Å². The van der Waals surface area contributed by atoms with Crippen LogP contribution in [0.2, 0.25) is 0 Å². The number of piperidine rings is 1. The Morgan fingerprint density at radius 3 is 2.32 bits per heavy atom. The van der Waals surface area contributed by atoms with Crippen molar-refractivity contribution >= 4 is 17.8 Å². The normalized spacial score (nSPS) is 20.9. The van der Waals surface area contributed by atoms with Crippen LogP contribution in [0.25, 0.3) is 0 Å². The lowest BCUT2D eigenvalue weighted by Gasteiger charge is -2.37. The van der Waals surface area contributed by atoms with Crippen LogP contribution < -0.4 is 10.2 Å². The van der Waals surface area contributed by atoms with Gasteiger partial charge in [0, 0.05) is 58.1 Å². The minimum absolute atomic E-state index is 0.0207. The number of likely N-dealkylation sites (N-methyl/N-ethyl adjacent to an activating group) is 1. The molecule has 0 radical (unpaired) electrons. The van der Waals surface area contributed by atoms with Crippen LogP contribution in [0.4, 0.5) is 10.6 Å². The number of hydrogen-bond donors (Lipinski definition) is 1. The summed E-state index contributed by atoms with van der Waals surface area (Å²) in [5, 5.41) is 2.80. The predicted molar refractivity (Wildman–Crippen MR) is 121 cm³/mol. The lowest BCUT2D eigenvalue weighted by atomic mass is 9.89. The first-order valence-corrected chi connectivity index (χ1v) is 11.7. The molecule has 0 saturated carbocycles. The maximum Gasteiger partial charge on any atom is 0.317 e. The van der Waals surface area contributed by atoms with Crippen molar-refractivity contribution in [2.75, 3.05) is 70.9 Å². The van der Waals surface area contributed by atoms with Crippen LogP contribution in [0.1, 0.15) is 42.9 Å². The Hall–Kier alpha value is -2.35. The molecule has 3 aliphatic rings. The van der Waals surface area contributed by atoms with Gasteiger partial charge in [-0.3, -0.25) is 4.79 Å². The first kappa shape index (κ1) is 21.9. The zero-order valence-electron chi connectivity index (χ0n) is 19.0. The second kappa shape index (κ2) is 9.85. The molecule has 4 heterocycles. The van der Waals surface area contributed by atoms with Crippen molar-refractivity contribution in [3.63, 3.8) is 0 Å². The molecule has 1 aromatic heterocycles. The van der Waals surface area contributed by atoms with E-state index in [0.717, 1.165) is 89.6 Å². The fourth-order valence-electron chi connectivity index (χ4n) is 4.88. The Morgan fingerprint density at radius 1 is 0.968 bits per heavy atom. The van der Waals surface area contributed by atoms with Gasteiger partial charge < -0.3 is 24.9 Å². The van der Waals surface area contributed by atoms with Gasteiger partial charge in [0.15, 0.2) is 0 Å². The molecule has 8 nitrogen and oxygen atoms in total. The van der Waals surface area contributed by atoms with Crippen LogP contribution in [-0.2, 0) is 4.79 Å². The number of nitrogens with zero attached hydrogens (tertiary/aromatic N) is 5. The monoisotopic (exact) mass is 428 g/mol. The number of rotatable bonds is 4. The Bertz CT molecular complexity index is 778. The number of amides is 3. The molecule has 170 valence electrons. The highest BCUT2D eigenvalue weighted by molar-refractivity contribution is 5.84. The lowest BCUT2D eigenvalue weighted by Crippen LogP contribution is -2.47. The maximum atomic E-state index is 12.6. The fraction of sp³-hybridized carbons (Fsp3) is 0.696. The van der Waals surface area contributed by atoms with Crippen molar-refractivity contribution in [2.45, 2.75) is 38.5 Å². The van der Waals surface area contributed by atoms with Crippen LogP contribution in [0.3, 0.4) is 0 Å². The van der Waals surface area contributed by atoms with E-state index < -0.39 is 0 Å². The standard InChI is InChI=1S/C23H36N6O2/c1-18-5-6-20(22(25-18)28-15-13-26(2)14-16-28)19-7-11-27(12-8-19)21(30)17-24-23(31)29-9-3-4-10-29/h5-6,19H,3-4,7-17H2,1-2H3,(H,24,31). The van der Waals surface area contributed by atoms with E-state index in [1.807, 2.05) is 4.90 Å². The Kier molecular flexibility index (Phi) is 6.95. The molecule has 3 fully saturated rings. The third-order valence-corrected chi connectivity index (χ3v) is 6.92. The summed E-state index contributed by atoms with van der Waals surface area (Å²) in [5.41, 5.74) is 2.38. The van der Waals surface area contributed by atoms with Crippen molar-refractivity contribution < 1.29 is 9.59 Å². The molecular weight excluding hydrogens is 392 g/mol. The number of aryl methyl sites for hydroxylation is 1. The van der Waals surface area contributed by atoms with Gasteiger partial charge in [0.25, 0.3) is 0 Å². The van der Waals surface area contributed by atoms with E-state index in [1.165, 1.54) is 5.56 Å². The first-order chi connectivity index (χ1) is 15.0. The third kappa shape index (κ3) is 5.29. The number of nitrogens with one attached hydrogen (secondary N) is 1. The second-order valence-electron chi connectivity index (χ2n) is 9.16. The van der Waals surface area contributed by atoms with Gasteiger partial charge in [-0.2, -0.15) is 0 Å². The van der Waals surface area contributed by atoms with Gasteiger partial charge in [-0.05, 0) is 57.2 Å². The minimum Gasteiger partial charge on any atom is -0.354 e. The fourth-order valence-corrected chi connectivity index (χ4v) is 4.88. The van der Waals surface area contributed by atoms with E-state index in [-0.39, 0.29) is 18.5 Å². The molecular formula is C23H36N6O2. The van der Waals surface area contributed by atoms with Crippen molar-refractivity contribution in [1.82, 2.24) is 25.0 Å². The van der Waals surface area contributed by atoms with Gasteiger partial charge in [0.05, 0.1) is 6.54 Å². The van der Waals surface area contributed by atoms with Crippen molar-refractivity contribution in [1.29, 1.82) is 0 Å². The Labute approximate surface area is 185 Å². The second-order valence-corrected chi connectivity index (χ2v) is 9.16. The van der Waals surface area contributed by atoms with E-state index in [1.54, 1.807) is 4.90 Å². The highest BCUT2D eigenvalue weighted by Crippen LogP contribution is 2.34. The van der Waals surface area contributed by atoms with Gasteiger partial charge >= 0.3 is 6.03 Å². The number of hydrogen-bond acceptors (Lipinski definition) is 5. The third-order valence-electron chi connectivity index (χ3n) is 6.92. The molecule has 4 rings (SSSR count). The summed E-state index contributed by atoms with van der Waals surface area (Å²) in [4.78, 5) is 38.1. The highest BCUT2D eigenvalue weighted by Gasteiger charge is 2.28. The Morgan fingerprint density at radius 2 is 1.65 bits per heavy atom. The van der Waals surface area contributed by atoms with Crippen molar-refractivity contribution in [2.24, 2.45) is 0 Å². The molecule has 3 saturated heterocycles. The maximum absolute atomic E-state index is 12.6. The Balaban J connectivity index is 1.32. The van der Waals surface area contributed by atoms with Gasteiger partial charge in [-0.15, -0.1) is 0 Å². The van der Waals surface area contributed by atoms with E-state index in [2.05, 4.69) is 41.2 Å². The van der Waals surface area contributed by atoms with Crippen LogP contribution in [0, 0.1) is 6.92 Å². The zero-order chi connectivity index (χ0) is 21.8. The van der Waals surface area contributed by atoms with Gasteiger partial charge in [-0.25, -0.2) is 9.78 Å². The highest BCUT2D eigenvalue weighted by atomic mass is 16.2. The molecule has 0 aromatic carbocycles. The smallest absolute Gasteiger partial charge is 0.317 e. The molecule has 0 aliphatic carbocycles. The molecule has 1 N–H and O–H groups in total. The number of carbonyl (C=O) groups excluding carboxylic acids is 2. The summed E-state index contributed by atoms with van der Waals surface area (Å²) >= 11 is 0. The molecule has 31 heavy (non-hydrogen) atoms. The molecule has 0 unspecified atom stereocenters. The number of carbonyl (C=O) groups is 2. The van der Waals surface area contributed by atoms with Gasteiger partial charge in [-0.1, -0.05) is 6.07 Å². The quantitative estimate of drug-likeness (QED) is 0.790. The number of pyridine rings is 1. The van der Waals surface area contributed by atoms with Gasteiger partial charge in [0.1, 0.15) is 5.82 Å². The van der Waals surface area contributed by atoms with Crippen LogP contribution in [-0.4, -0.2) is 97.6 Å². The average Bonchev–Trinajstić information content (AvgIpc) is 3.33. The topological polar surface area (TPSA) is 72.0 Å². The molecule has 0 spiro atoms. The van der Waals surface area contributed by atoms with E-state index >= 15 is 0 Å². The number of piperazine rings is 1. The summed E-state index contributed by atoms with van der Waals surface area (Å²) in [7, 11) is 2.17. The summed E-state index contributed by atoms with van der Waals surface area (Å²) in [6.45, 7) is 9.35. The van der Waals surface area contributed by atoms with Crippen LogP contribution in [0.15, 0.2) is 12.1 Å². The summed E-state index contributed by atoms with van der Waals surface area (Å²) < 4.78 is 0. The minimum atomic E-state index is -0.108. The molecule has 0 atom stereocenters. The predicted octanol–water partition coefficient (Wildman–Crippen LogP) is 1.65. The molecule has 8 heteroatoms. The molecule has 1 aromatic rings. The summed E-state index contributed by atoms with van der Waals surface area (Å²) in [5.74, 6) is 1.58. The molecule has 3 amide bonds. The molecule has 3 aliphatic heterocycles. The molecule has 0 bridgehead atoms. The number of aromatic nitrogens is 1. The number of urea groups is 1. The van der Waals surface area contributed by atoms with Crippen molar-refractivity contribution in [3.8, 4) is 0 Å². The van der Waals surface area contributed by atoms with E-state index in [0.29, 0.717) is 5.92 Å². The SMILES string of the molecule is Cc1ccc(C2CCN(C(=O)CNC(=O)N3CCCC3)CC2)c(N2CCN(C)CC2)n1. The lowest BCUT2D eigenvalue weighted by molar-refractivity contribution is -0.131. The van der Waals surface area contributed by atoms with Gasteiger partial charge in [0.2, 0.25) is 5.91 Å². The van der Waals surface area contributed by atoms with Crippen LogP contribution >= 0.6 is 0 Å². The largest absolute Gasteiger partial charge is 0.354 e. The summed E-state index contributed by atoms with van der Waals surface area (Å²) in [6.07, 6.45) is 3.99. The zero-order valence-corrected chi connectivity index (χ0v) is 19.0. The summed E-state index contributed by atoms with van der Waals surface area (Å²) in [6, 6.07) is 4.25.